The summed E-state index contributed by atoms with van der Waals surface area (Å²) < 4.78 is 1.96. The van der Waals surface area contributed by atoms with E-state index in [-0.39, 0.29) is 17.6 Å². The molecule has 0 spiro atoms. The van der Waals surface area contributed by atoms with E-state index in [1.54, 1.807) is 24.3 Å². The third kappa shape index (κ3) is 6.19. The predicted octanol–water partition coefficient (Wildman–Crippen LogP) is 7.43. The van der Waals surface area contributed by atoms with Crippen LogP contribution in [0.3, 0.4) is 0 Å². The lowest BCUT2D eigenvalue weighted by molar-refractivity contribution is -0.118. The number of carbonyl (C=O) groups is 1. The molecule has 35 heavy (non-hydrogen) atoms. The Labute approximate surface area is 223 Å². The minimum absolute atomic E-state index is 0.109. The number of rotatable bonds is 8. The van der Waals surface area contributed by atoms with Gasteiger partial charge in [0.2, 0.25) is 5.91 Å². The maximum atomic E-state index is 12.6. The molecule has 0 bridgehead atoms. The van der Waals surface area contributed by atoms with Gasteiger partial charge in [-0.1, -0.05) is 90.7 Å². The normalized spacial score (nSPS) is 11.1. The van der Waals surface area contributed by atoms with Crippen LogP contribution in [0.2, 0.25) is 15.1 Å². The van der Waals surface area contributed by atoms with Gasteiger partial charge in [0.15, 0.2) is 11.0 Å². The van der Waals surface area contributed by atoms with Crippen LogP contribution in [-0.4, -0.2) is 26.4 Å². The van der Waals surface area contributed by atoms with Gasteiger partial charge < -0.3 is 5.32 Å². The molecule has 0 saturated carbocycles. The van der Waals surface area contributed by atoms with Crippen LogP contribution >= 0.6 is 46.6 Å². The van der Waals surface area contributed by atoms with Crippen molar-refractivity contribution in [2.75, 3.05) is 5.75 Å². The quantitative estimate of drug-likeness (QED) is 0.234. The molecule has 0 radical (unpaired) electrons. The molecule has 1 heterocycles. The van der Waals surface area contributed by atoms with Gasteiger partial charge >= 0.3 is 0 Å². The Morgan fingerprint density at radius 1 is 0.971 bits per heavy atom. The van der Waals surface area contributed by atoms with Gasteiger partial charge in [-0.25, -0.2) is 0 Å². The first kappa shape index (κ1) is 25.6. The van der Waals surface area contributed by atoms with Crippen LogP contribution in [0.5, 0.6) is 0 Å². The van der Waals surface area contributed by atoms with Crippen molar-refractivity contribution in [2.24, 2.45) is 0 Å². The number of hydrogen-bond donors (Lipinski definition) is 1. The average Bonchev–Trinajstić information content (AvgIpc) is 3.25. The average molecular weight is 546 g/mol. The summed E-state index contributed by atoms with van der Waals surface area (Å²) in [5, 5.41) is 14.1. The van der Waals surface area contributed by atoms with E-state index in [1.165, 1.54) is 11.8 Å². The van der Waals surface area contributed by atoms with Crippen molar-refractivity contribution in [1.82, 2.24) is 20.1 Å². The number of aromatic nitrogens is 3. The molecule has 180 valence electrons. The van der Waals surface area contributed by atoms with Crippen LogP contribution in [-0.2, 0) is 11.3 Å². The molecule has 0 fully saturated rings. The molecule has 9 heteroatoms. The van der Waals surface area contributed by atoms with E-state index in [0.29, 0.717) is 38.2 Å². The van der Waals surface area contributed by atoms with E-state index >= 15 is 0 Å². The Kier molecular flexibility index (Phi) is 8.39. The number of carbonyl (C=O) groups excluding carboxylic acids is 1. The topological polar surface area (TPSA) is 59.8 Å². The number of amides is 1. The molecule has 1 aromatic heterocycles. The third-order valence-electron chi connectivity index (χ3n) is 5.34. The summed E-state index contributed by atoms with van der Waals surface area (Å²) in [5.41, 5.74) is 3.76. The largest absolute Gasteiger partial charge is 0.351 e. The highest BCUT2D eigenvalue weighted by atomic mass is 35.5. The van der Waals surface area contributed by atoms with Crippen molar-refractivity contribution in [3.05, 3.63) is 92.9 Å². The van der Waals surface area contributed by atoms with Crippen LogP contribution in [0, 0.1) is 0 Å². The lowest BCUT2D eigenvalue weighted by atomic mass is 10.0. The number of para-hydroxylation sites is 1. The minimum atomic E-state index is -0.109. The Hall–Kier alpha value is -2.51. The van der Waals surface area contributed by atoms with Gasteiger partial charge in [0.25, 0.3) is 0 Å². The molecule has 0 unspecified atom stereocenters. The van der Waals surface area contributed by atoms with E-state index in [4.69, 9.17) is 34.8 Å². The second-order valence-corrected chi connectivity index (χ2v) is 10.4. The molecule has 1 amide bonds. The van der Waals surface area contributed by atoms with Crippen molar-refractivity contribution < 1.29 is 4.79 Å². The van der Waals surface area contributed by atoms with Gasteiger partial charge in [-0.05, 0) is 53.4 Å². The molecule has 0 atom stereocenters. The molecular formula is C26H23Cl3N4OS. The Morgan fingerprint density at radius 3 is 2.40 bits per heavy atom. The Bertz CT molecular complexity index is 1340. The fourth-order valence-electron chi connectivity index (χ4n) is 3.59. The van der Waals surface area contributed by atoms with E-state index in [0.717, 1.165) is 16.8 Å². The number of nitrogens with one attached hydrogen (secondary N) is 1. The first-order chi connectivity index (χ1) is 16.8. The second-order valence-electron chi connectivity index (χ2n) is 8.17. The molecule has 4 rings (SSSR count). The minimum Gasteiger partial charge on any atom is -0.351 e. The number of hydrogen-bond acceptors (Lipinski definition) is 4. The summed E-state index contributed by atoms with van der Waals surface area (Å²) in [6, 6.07) is 20.8. The van der Waals surface area contributed by atoms with Gasteiger partial charge in [-0.15, -0.1) is 10.2 Å². The number of nitrogens with zero attached hydrogens (tertiary/aromatic N) is 3. The fraction of sp³-hybridized carbons (Fsp3) is 0.192. The summed E-state index contributed by atoms with van der Waals surface area (Å²) in [7, 11) is 0. The second kappa shape index (κ2) is 11.5. The van der Waals surface area contributed by atoms with Gasteiger partial charge in [-0.3, -0.25) is 9.36 Å². The van der Waals surface area contributed by atoms with Gasteiger partial charge in [0, 0.05) is 22.2 Å². The third-order valence-corrected chi connectivity index (χ3v) is 7.07. The highest BCUT2D eigenvalue weighted by Crippen LogP contribution is 2.35. The van der Waals surface area contributed by atoms with Gasteiger partial charge in [0.05, 0.1) is 16.5 Å². The van der Waals surface area contributed by atoms with Crippen molar-refractivity contribution in [3.63, 3.8) is 0 Å². The van der Waals surface area contributed by atoms with Crippen molar-refractivity contribution in [2.45, 2.75) is 31.5 Å². The molecule has 1 N–H and O–H groups in total. The summed E-state index contributed by atoms with van der Waals surface area (Å²) >= 11 is 19.9. The van der Waals surface area contributed by atoms with Gasteiger partial charge in [-0.2, -0.15) is 0 Å². The first-order valence-corrected chi connectivity index (χ1v) is 13.1. The standard InChI is InChI=1S/C26H23Cl3N4OS/c1-16(2)20-5-3-4-6-23(20)33-25(21-12-11-19(28)13-22(21)29)31-32-26(33)35-15-24(34)30-14-17-7-9-18(27)10-8-17/h3-13,16H,14-15H2,1-2H3,(H,30,34). The zero-order valence-corrected chi connectivity index (χ0v) is 22.2. The molecule has 0 aliphatic rings. The van der Waals surface area contributed by atoms with Crippen LogP contribution in [0.4, 0.5) is 0 Å². The predicted molar refractivity (Wildman–Crippen MR) is 145 cm³/mol. The Morgan fingerprint density at radius 2 is 1.69 bits per heavy atom. The molecular weight excluding hydrogens is 523 g/mol. The van der Waals surface area contributed by atoms with E-state index in [9.17, 15) is 4.79 Å². The number of thioether (sulfide) groups is 1. The zero-order chi connectivity index (χ0) is 24.9. The Balaban J connectivity index is 1.63. The van der Waals surface area contributed by atoms with Crippen LogP contribution in [0.1, 0.15) is 30.9 Å². The van der Waals surface area contributed by atoms with Crippen molar-refractivity contribution >= 4 is 52.5 Å². The zero-order valence-electron chi connectivity index (χ0n) is 19.1. The van der Waals surface area contributed by atoms with Crippen molar-refractivity contribution in [3.8, 4) is 17.1 Å². The molecule has 0 aliphatic carbocycles. The van der Waals surface area contributed by atoms with Gasteiger partial charge in [0.1, 0.15) is 0 Å². The SMILES string of the molecule is CC(C)c1ccccc1-n1c(SCC(=O)NCc2ccc(Cl)cc2)nnc1-c1ccc(Cl)cc1Cl. The monoisotopic (exact) mass is 544 g/mol. The maximum Gasteiger partial charge on any atom is 0.230 e. The molecule has 0 saturated heterocycles. The highest BCUT2D eigenvalue weighted by Gasteiger charge is 2.21. The van der Waals surface area contributed by atoms with Crippen LogP contribution in [0.15, 0.2) is 71.9 Å². The number of halogens is 3. The summed E-state index contributed by atoms with van der Waals surface area (Å²) in [4.78, 5) is 12.6. The lowest BCUT2D eigenvalue weighted by Gasteiger charge is -2.17. The molecule has 3 aromatic carbocycles. The summed E-state index contributed by atoms with van der Waals surface area (Å²) in [6.45, 7) is 4.69. The lowest BCUT2D eigenvalue weighted by Crippen LogP contribution is -2.24. The molecule has 4 aromatic rings. The highest BCUT2D eigenvalue weighted by molar-refractivity contribution is 7.99. The van der Waals surface area contributed by atoms with Crippen LogP contribution < -0.4 is 5.32 Å². The van der Waals surface area contributed by atoms with Crippen molar-refractivity contribution in [1.29, 1.82) is 0 Å². The maximum absolute atomic E-state index is 12.6. The fourth-order valence-corrected chi connectivity index (χ4v) is 4.98. The smallest absolute Gasteiger partial charge is 0.230 e. The first-order valence-electron chi connectivity index (χ1n) is 11.0. The van der Waals surface area contributed by atoms with E-state index < -0.39 is 0 Å². The van der Waals surface area contributed by atoms with E-state index in [1.807, 2.05) is 41.0 Å². The van der Waals surface area contributed by atoms with E-state index in [2.05, 4.69) is 35.4 Å². The summed E-state index contributed by atoms with van der Waals surface area (Å²) in [5.74, 6) is 0.929. The number of benzene rings is 3. The molecule has 0 aliphatic heterocycles. The van der Waals surface area contributed by atoms with Crippen LogP contribution in [0.25, 0.3) is 17.1 Å². The summed E-state index contributed by atoms with van der Waals surface area (Å²) in [6.07, 6.45) is 0. The molecule has 5 nitrogen and oxygen atoms in total.